The quantitative estimate of drug-likeness (QED) is 0.838. The van der Waals surface area contributed by atoms with Crippen molar-refractivity contribution >= 4 is 22.9 Å². The first-order valence-electron chi connectivity index (χ1n) is 6.79. The number of aryl methyl sites for hydroxylation is 3. The van der Waals surface area contributed by atoms with E-state index in [0.29, 0.717) is 22.7 Å². The molecule has 0 aliphatic heterocycles. The van der Waals surface area contributed by atoms with Crippen LogP contribution in [0.5, 0.6) is 0 Å². The Labute approximate surface area is 130 Å². The minimum Gasteiger partial charge on any atom is -0.389 e. The van der Waals surface area contributed by atoms with E-state index in [9.17, 15) is 4.39 Å². The number of hydrogen-bond acceptors (Lipinski definition) is 2. The van der Waals surface area contributed by atoms with Gasteiger partial charge >= 0.3 is 0 Å². The van der Waals surface area contributed by atoms with Gasteiger partial charge in [-0.15, -0.1) is 0 Å². The normalized spacial score (nSPS) is 10.5. The molecule has 2 rings (SSSR count). The largest absolute Gasteiger partial charge is 0.389 e. The molecule has 2 nitrogen and oxygen atoms in total. The summed E-state index contributed by atoms with van der Waals surface area (Å²) in [6.07, 6.45) is 0. The van der Waals surface area contributed by atoms with Crippen LogP contribution < -0.4 is 11.1 Å². The molecule has 0 aliphatic carbocycles. The molecule has 0 unspecified atom stereocenters. The van der Waals surface area contributed by atoms with Gasteiger partial charge in [0.2, 0.25) is 0 Å². The second-order valence-corrected chi connectivity index (χ2v) is 5.70. The van der Waals surface area contributed by atoms with Gasteiger partial charge in [0.05, 0.1) is 0 Å². The lowest BCUT2D eigenvalue weighted by molar-refractivity contribution is 0.608. The molecule has 0 radical (unpaired) electrons. The van der Waals surface area contributed by atoms with Gasteiger partial charge in [-0.3, -0.25) is 0 Å². The molecule has 0 saturated carbocycles. The molecule has 2 aromatic carbocycles. The molecule has 4 heteroatoms. The molecule has 0 aromatic heterocycles. The zero-order valence-electron chi connectivity index (χ0n) is 12.5. The number of benzene rings is 2. The average molecular weight is 302 g/mol. The van der Waals surface area contributed by atoms with Crippen molar-refractivity contribution in [1.29, 1.82) is 0 Å². The number of nitrogens with one attached hydrogen (secondary N) is 1. The molecular weight excluding hydrogens is 283 g/mol. The average Bonchev–Trinajstić information content (AvgIpc) is 2.42. The molecule has 0 spiro atoms. The number of para-hydroxylation sites is 1. The lowest BCUT2D eigenvalue weighted by Gasteiger charge is -2.15. The third kappa shape index (κ3) is 3.39. The van der Waals surface area contributed by atoms with Gasteiger partial charge in [-0.1, -0.05) is 36.5 Å². The number of hydrogen-bond donors (Lipinski definition) is 2. The highest BCUT2D eigenvalue weighted by Gasteiger charge is 2.09. The predicted octanol–water partition coefficient (Wildman–Crippen LogP) is 4.00. The number of halogens is 1. The van der Waals surface area contributed by atoms with Gasteiger partial charge in [-0.05, 0) is 49.1 Å². The molecule has 3 N–H and O–H groups in total. The van der Waals surface area contributed by atoms with Crippen molar-refractivity contribution in [3.8, 4) is 0 Å². The van der Waals surface area contributed by atoms with Crippen molar-refractivity contribution in [2.45, 2.75) is 27.3 Å². The minimum atomic E-state index is -0.140. The van der Waals surface area contributed by atoms with Crippen molar-refractivity contribution in [2.24, 2.45) is 5.73 Å². The monoisotopic (exact) mass is 302 g/mol. The molecule has 110 valence electrons. The molecule has 0 fully saturated rings. The van der Waals surface area contributed by atoms with Gasteiger partial charge < -0.3 is 11.1 Å². The van der Waals surface area contributed by atoms with E-state index in [1.54, 1.807) is 13.8 Å². The van der Waals surface area contributed by atoms with E-state index in [1.807, 2.05) is 37.3 Å². The standard InChI is InChI=1S/C17H19FN2S/c1-10-5-4-6-14(17(19)21)16(10)20-9-13-7-11(2)15(18)12(3)8-13/h4-8,20H,9H2,1-3H3,(H2,19,21). The minimum absolute atomic E-state index is 0.140. The van der Waals surface area contributed by atoms with Crippen LogP contribution in [-0.4, -0.2) is 4.99 Å². The SMILES string of the molecule is Cc1cc(CNc2c(C)cccc2C(N)=S)cc(C)c1F. The van der Waals surface area contributed by atoms with Crippen LogP contribution >= 0.6 is 12.2 Å². The van der Waals surface area contributed by atoms with Gasteiger partial charge in [0.1, 0.15) is 10.8 Å². The van der Waals surface area contributed by atoms with Crippen molar-refractivity contribution in [2.75, 3.05) is 5.32 Å². The van der Waals surface area contributed by atoms with Crippen molar-refractivity contribution in [1.82, 2.24) is 0 Å². The Morgan fingerprint density at radius 3 is 2.33 bits per heavy atom. The van der Waals surface area contributed by atoms with E-state index >= 15 is 0 Å². The summed E-state index contributed by atoms with van der Waals surface area (Å²) in [7, 11) is 0. The van der Waals surface area contributed by atoms with Crippen LogP contribution in [0.1, 0.15) is 27.8 Å². The summed E-state index contributed by atoms with van der Waals surface area (Å²) in [6, 6.07) is 9.55. The van der Waals surface area contributed by atoms with E-state index in [4.69, 9.17) is 18.0 Å². The van der Waals surface area contributed by atoms with Gasteiger partial charge in [-0.25, -0.2) is 4.39 Å². The second-order valence-electron chi connectivity index (χ2n) is 5.26. The van der Waals surface area contributed by atoms with E-state index < -0.39 is 0 Å². The van der Waals surface area contributed by atoms with Crippen LogP contribution in [0.25, 0.3) is 0 Å². The van der Waals surface area contributed by atoms with Crippen molar-refractivity contribution in [3.05, 3.63) is 64.0 Å². The summed E-state index contributed by atoms with van der Waals surface area (Å²) in [4.78, 5) is 0.368. The van der Waals surface area contributed by atoms with Crippen LogP contribution in [0, 0.1) is 26.6 Å². The van der Waals surface area contributed by atoms with Gasteiger partial charge in [0.15, 0.2) is 0 Å². The Morgan fingerprint density at radius 1 is 1.14 bits per heavy atom. The predicted molar refractivity (Wildman–Crippen MR) is 90.3 cm³/mol. The third-order valence-corrected chi connectivity index (χ3v) is 3.72. The molecule has 2 aromatic rings. The van der Waals surface area contributed by atoms with Crippen LogP contribution in [0.15, 0.2) is 30.3 Å². The summed E-state index contributed by atoms with van der Waals surface area (Å²) >= 11 is 5.09. The van der Waals surface area contributed by atoms with Crippen LogP contribution in [0.3, 0.4) is 0 Å². The lowest BCUT2D eigenvalue weighted by Crippen LogP contribution is -2.14. The first-order valence-corrected chi connectivity index (χ1v) is 7.20. The van der Waals surface area contributed by atoms with Gasteiger partial charge in [0.25, 0.3) is 0 Å². The van der Waals surface area contributed by atoms with E-state index in [2.05, 4.69) is 5.32 Å². The summed E-state index contributed by atoms with van der Waals surface area (Å²) in [5, 5.41) is 3.36. The summed E-state index contributed by atoms with van der Waals surface area (Å²) in [5.74, 6) is -0.140. The van der Waals surface area contributed by atoms with Crippen LogP contribution in [-0.2, 0) is 6.54 Å². The zero-order chi connectivity index (χ0) is 15.6. The Morgan fingerprint density at radius 2 is 1.76 bits per heavy atom. The van der Waals surface area contributed by atoms with E-state index in [-0.39, 0.29) is 5.82 Å². The van der Waals surface area contributed by atoms with Crippen LogP contribution in [0.2, 0.25) is 0 Å². The maximum Gasteiger partial charge on any atom is 0.129 e. The highest BCUT2D eigenvalue weighted by atomic mass is 32.1. The fourth-order valence-electron chi connectivity index (χ4n) is 2.44. The summed E-state index contributed by atoms with van der Waals surface area (Å²) in [6.45, 7) is 6.16. The Hall–Kier alpha value is -1.94. The first kappa shape index (κ1) is 15.4. The fraction of sp³-hybridized carbons (Fsp3) is 0.235. The number of thiocarbonyl (C=S) groups is 1. The molecule has 21 heavy (non-hydrogen) atoms. The van der Waals surface area contributed by atoms with Gasteiger partial charge in [0, 0.05) is 17.8 Å². The van der Waals surface area contributed by atoms with Crippen molar-refractivity contribution < 1.29 is 4.39 Å². The Kier molecular flexibility index (Phi) is 4.58. The topological polar surface area (TPSA) is 38.0 Å². The lowest BCUT2D eigenvalue weighted by atomic mass is 10.0. The molecule has 0 aliphatic rings. The molecule has 0 amide bonds. The van der Waals surface area contributed by atoms with Crippen molar-refractivity contribution in [3.63, 3.8) is 0 Å². The molecular formula is C17H19FN2S. The fourth-order valence-corrected chi connectivity index (χ4v) is 2.61. The molecule has 0 saturated heterocycles. The molecule has 0 bridgehead atoms. The maximum absolute atomic E-state index is 13.7. The van der Waals surface area contributed by atoms with E-state index in [1.165, 1.54) is 0 Å². The summed E-state index contributed by atoms with van der Waals surface area (Å²) in [5.41, 5.74) is 11.0. The first-order chi connectivity index (χ1) is 9.90. The Balaban J connectivity index is 2.27. The Bertz CT molecular complexity index is 672. The summed E-state index contributed by atoms with van der Waals surface area (Å²) < 4.78 is 13.7. The molecule has 0 heterocycles. The van der Waals surface area contributed by atoms with Crippen LogP contribution in [0.4, 0.5) is 10.1 Å². The van der Waals surface area contributed by atoms with E-state index in [0.717, 1.165) is 22.4 Å². The highest BCUT2D eigenvalue weighted by Crippen LogP contribution is 2.22. The smallest absolute Gasteiger partial charge is 0.129 e. The van der Waals surface area contributed by atoms with Gasteiger partial charge in [-0.2, -0.15) is 0 Å². The highest BCUT2D eigenvalue weighted by molar-refractivity contribution is 7.80. The third-order valence-electron chi connectivity index (χ3n) is 3.50. The second kappa shape index (κ2) is 6.22. The number of nitrogens with two attached hydrogens (primary N) is 1. The number of anilines is 1. The zero-order valence-corrected chi connectivity index (χ0v) is 13.3. The number of rotatable bonds is 4. The maximum atomic E-state index is 13.7. The molecule has 0 atom stereocenters.